The van der Waals surface area contributed by atoms with Crippen molar-refractivity contribution in [1.82, 2.24) is 4.90 Å². The van der Waals surface area contributed by atoms with E-state index in [4.69, 9.17) is 18.9 Å². The van der Waals surface area contributed by atoms with Gasteiger partial charge in [0.25, 0.3) is 0 Å². The van der Waals surface area contributed by atoms with Gasteiger partial charge in [-0.15, -0.1) is 0 Å². The lowest BCUT2D eigenvalue weighted by atomic mass is 9.94. The van der Waals surface area contributed by atoms with Gasteiger partial charge in [-0.05, 0) is 31.9 Å². The molecular weight excluding hydrogens is 394 g/mol. The fourth-order valence-corrected chi connectivity index (χ4v) is 5.00. The van der Waals surface area contributed by atoms with Gasteiger partial charge in [-0.25, -0.2) is 0 Å². The molecule has 0 saturated carbocycles. The molecule has 2 aromatic carbocycles. The molecule has 7 atom stereocenters. The second kappa shape index (κ2) is 9.36. The van der Waals surface area contributed by atoms with Crippen molar-refractivity contribution in [3.63, 3.8) is 0 Å². The number of likely N-dealkylation sites (tertiary alicyclic amines) is 1. The number of nitrogens with zero attached hydrogens (tertiary/aromatic N) is 1. The monoisotopic (exact) mass is 425 g/mol. The molecule has 3 fully saturated rings. The third kappa shape index (κ3) is 4.42. The van der Waals surface area contributed by atoms with Crippen LogP contribution in [0.25, 0.3) is 0 Å². The minimum absolute atomic E-state index is 0.281. The van der Waals surface area contributed by atoms with Gasteiger partial charge in [0.2, 0.25) is 0 Å². The smallest absolute Gasteiger partial charge is 0.184 e. The Morgan fingerprint density at radius 2 is 1.77 bits per heavy atom. The number of benzene rings is 2. The van der Waals surface area contributed by atoms with Crippen molar-refractivity contribution in [3.05, 3.63) is 71.8 Å². The third-order valence-electron chi connectivity index (χ3n) is 6.65. The number of rotatable bonds is 5. The van der Waals surface area contributed by atoms with Crippen LogP contribution >= 0.6 is 0 Å². The molecule has 6 heteroatoms. The van der Waals surface area contributed by atoms with E-state index in [0.717, 1.165) is 30.5 Å². The van der Waals surface area contributed by atoms with E-state index in [2.05, 4.69) is 11.8 Å². The summed E-state index contributed by atoms with van der Waals surface area (Å²) in [6, 6.07) is 20.0. The van der Waals surface area contributed by atoms with Crippen molar-refractivity contribution in [2.75, 3.05) is 13.2 Å². The molecule has 0 radical (unpaired) electrons. The number of aliphatic hydroxyl groups excluding tert-OH is 1. The summed E-state index contributed by atoms with van der Waals surface area (Å²) in [4.78, 5) is 2.33. The zero-order valence-corrected chi connectivity index (χ0v) is 17.9. The van der Waals surface area contributed by atoms with Crippen molar-refractivity contribution in [2.45, 2.75) is 69.3 Å². The Labute approximate surface area is 183 Å². The van der Waals surface area contributed by atoms with Crippen molar-refractivity contribution >= 4 is 0 Å². The predicted octanol–water partition coefficient (Wildman–Crippen LogP) is 3.26. The molecule has 0 unspecified atom stereocenters. The van der Waals surface area contributed by atoms with Crippen LogP contribution in [0.15, 0.2) is 60.7 Å². The standard InChI is InChI=1S/C25H31NO5/c1-17-9-8-14-26(17)21-22(27)23-20(16-29-24(31-23)19-12-6-3-7-13-19)30-25(21)28-15-18-10-4-2-5-11-18/h2-7,10-13,17,20-25,27H,8-9,14-16H2,1H3/t17-,20+,21+,22-,23+,24+,25+/m0/s1. The molecule has 31 heavy (non-hydrogen) atoms. The molecule has 0 bridgehead atoms. The summed E-state index contributed by atoms with van der Waals surface area (Å²) >= 11 is 0. The van der Waals surface area contributed by atoms with Crippen LogP contribution in [0.4, 0.5) is 0 Å². The van der Waals surface area contributed by atoms with E-state index in [1.807, 2.05) is 60.7 Å². The normalized spacial score (nSPS) is 36.3. The molecule has 5 rings (SSSR count). The van der Waals surface area contributed by atoms with Crippen LogP contribution < -0.4 is 0 Å². The molecule has 3 heterocycles. The lowest BCUT2D eigenvalue weighted by Gasteiger charge is -2.50. The molecule has 1 N–H and O–H groups in total. The Bertz CT molecular complexity index is 834. The maximum atomic E-state index is 11.5. The SMILES string of the molecule is C[C@H]1CCCN1[C@H]1[C@H](OCc2ccccc2)O[C@@H]2CO[C@@H](c3ccccc3)O[C@H]2[C@H]1O. The summed E-state index contributed by atoms with van der Waals surface area (Å²) in [5, 5.41) is 11.5. The molecule has 6 nitrogen and oxygen atoms in total. The van der Waals surface area contributed by atoms with Gasteiger partial charge in [-0.3, -0.25) is 4.90 Å². The summed E-state index contributed by atoms with van der Waals surface area (Å²) in [5.74, 6) is 0. The van der Waals surface area contributed by atoms with Gasteiger partial charge in [0.15, 0.2) is 12.6 Å². The van der Waals surface area contributed by atoms with Gasteiger partial charge in [-0.1, -0.05) is 60.7 Å². The molecule has 0 spiro atoms. The van der Waals surface area contributed by atoms with Crippen LogP contribution in [0.1, 0.15) is 37.2 Å². The van der Waals surface area contributed by atoms with E-state index in [1.165, 1.54) is 0 Å². The largest absolute Gasteiger partial charge is 0.388 e. The Morgan fingerprint density at radius 1 is 1.03 bits per heavy atom. The van der Waals surface area contributed by atoms with Crippen LogP contribution in [0, 0.1) is 0 Å². The van der Waals surface area contributed by atoms with Crippen molar-refractivity contribution < 1.29 is 24.1 Å². The second-order valence-electron chi connectivity index (χ2n) is 8.73. The average Bonchev–Trinajstić information content (AvgIpc) is 3.24. The first-order chi connectivity index (χ1) is 15.2. The van der Waals surface area contributed by atoms with Gasteiger partial charge in [0.05, 0.1) is 19.3 Å². The van der Waals surface area contributed by atoms with Crippen molar-refractivity contribution in [2.24, 2.45) is 0 Å². The van der Waals surface area contributed by atoms with Crippen LogP contribution in [-0.2, 0) is 25.6 Å². The lowest BCUT2D eigenvalue weighted by Crippen LogP contribution is -2.67. The van der Waals surface area contributed by atoms with E-state index in [-0.39, 0.29) is 12.1 Å². The first-order valence-corrected chi connectivity index (χ1v) is 11.3. The maximum absolute atomic E-state index is 11.5. The molecule has 0 amide bonds. The predicted molar refractivity (Wildman–Crippen MR) is 115 cm³/mol. The maximum Gasteiger partial charge on any atom is 0.184 e. The number of hydrogen-bond donors (Lipinski definition) is 1. The Kier molecular flexibility index (Phi) is 6.36. The number of ether oxygens (including phenoxy) is 4. The molecule has 3 saturated heterocycles. The summed E-state index contributed by atoms with van der Waals surface area (Å²) in [5.41, 5.74) is 2.03. The molecule has 3 aliphatic heterocycles. The minimum Gasteiger partial charge on any atom is -0.388 e. The van der Waals surface area contributed by atoms with Crippen LogP contribution in [0.3, 0.4) is 0 Å². The highest BCUT2D eigenvalue weighted by Gasteiger charge is 2.52. The first-order valence-electron chi connectivity index (χ1n) is 11.3. The Morgan fingerprint density at radius 3 is 2.48 bits per heavy atom. The number of aliphatic hydroxyl groups is 1. The van der Waals surface area contributed by atoms with Crippen molar-refractivity contribution in [3.8, 4) is 0 Å². The molecule has 0 aliphatic carbocycles. The zero-order chi connectivity index (χ0) is 21.2. The first kappa shape index (κ1) is 21.1. The van der Waals surface area contributed by atoms with Crippen LogP contribution in [-0.4, -0.2) is 59.8 Å². The molecule has 0 aromatic heterocycles. The van der Waals surface area contributed by atoms with Gasteiger partial charge in [-0.2, -0.15) is 0 Å². The highest BCUT2D eigenvalue weighted by atomic mass is 16.7. The summed E-state index contributed by atoms with van der Waals surface area (Å²) in [7, 11) is 0. The fourth-order valence-electron chi connectivity index (χ4n) is 5.00. The average molecular weight is 426 g/mol. The van der Waals surface area contributed by atoms with Crippen LogP contribution in [0.2, 0.25) is 0 Å². The summed E-state index contributed by atoms with van der Waals surface area (Å²) in [6.45, 7) is 3.92. The molecular formula is C25H31NO5. The number of fused-ring (bicyclic) bond motifs is 1. The topological polar surface area (TPSA) is 60.4 Å². The second-order valence-corrected chi connectivity index (χ2v) is 8.73. The van der Waals surface area contributed by atoms with Gasteiger partial charge < -0.3 is 24.1 Å². The van der Waals surface area contributed by atoms with Crippen molar-refractivity contribution in [1.29, 1.82) is 0 Å². The fraction of sp³-hybridized carbons (Fsp3) is 0.520. The summed E-state index contributed by atoms with van der Waals surface area (Å²) < 4.78 is 24.8. The lowest BCUT2D eigenvalue weighted by molar-refractivity contribution is -0.355. The van der Waals surface area contributed by atoms with E-state index in [9.17, 15) is 5.11 Å². The minimum atomic E-state index is -0.727. The van der Waals surface area contributed by atoms with E-state index < -0.39 is 24.8 Å². The van der Waals surface area contributed by atoms with E-state index in [0.29, 0.717) is 19.3 Å². The zero-order valence-electron chi connectivity index (χ0n) is 17.9. The molecule has 2 aromatic rings. The molecule has 166 valence electrons. The van der Waals surface area contributed by atoms with E-state index >= 15 is 0 Å². The highest BCUT2D eigenvalue weighted by molar-refractivity contribution is 5.17. The van der Waals surface area contributed by atoms with Gasteiger partial charge in [0.1, 0.15) is 18.3 Å². The Hall–Kier alpha value is -1.80. The van der Waals surface area contributed by atoms with E-state index in [1.54, 1.807) is 0 Å². The van der Waals surface area contributed by atoms with Gasteiger partial charge in [0, 0.05) is 11.6 Å². The third-order valence-corrected chi connectivity index (χ3v) is 6.65. The quantitative estimate of drug-likeness (QED) is 0.794. The van der Waals surface area contributed by atoms with Crippen LogP contribution in [0.5, 0.6) is 0 Å². The van der Waals surface area contributed by atoms with Gasteiger partial charge >= 0.3 is 0 Å². The Balaban J connectivity index is 1.35. The highest BCUT2D eigenvalue weighted by Crippen LogP contribution is 2.38. The number of hydrogen-bond acceptors (Lipinski definition) is 6. The molecule has 3 aliphatic rings. The summed E-state index contributed by atoms with van der Waals surface area (Å²) in [6.07, 6.45) is -0.384.